The molecule has 2 heterocycles. The zero-order valence-corrected chi connectivity index (χ0v) is 16.7. The minimum Gasteiger partial charge on any atom is -0.462 e. The van der Waals surface area contributed by atoms with Crippen LogP contribution in [0, 0.1) is 10.1 Å². The van der Waals surface area contributed by atoms with Crippen molar-refractivity contribution in [1.29, 1.82) is 0 Å². The number of nitrogens with one attached hydrogen (secondary N) is 2. The summed E-state index contributed by atoms with van der Waals surface area (Å²) in [5.41, 5.74) is 0.384. The average Bonchev–Trinajstić information content (AvgIpc) is 2.70. The van der Waals surface area contributed by atoms with E-state index in [0.29, 0.717) is 17.1 Å². The second-order valence-corrected chi connectivity index (χ2v) is 6.51. The minimum absolute atomic E-state index is 0.0242. The van der Waals surface area contributed by atoms with Crippen LogP contribution in [0.4, 0.5) is 28.8 Å². The number of nitro groups is 1. The van der Waals surface area contributed by atoms with Gasteiger partial charge < -0.3 is 15.4 Å². The van der Waals surface area contributed by atoms with Gasteiger partial charge in [0, 0.05) is 16.4 Å². The summed E-state index contributed by atoms with van der Waals surface area (Å²) in [5, 5.41) is 17.4. The van der Waals surface area contributed by atoms with Crippen LogP contribution in [0.25, 0.3) is 0 Å². The standard InChI is InChI=1S/C18H15BrN6O4/c1-2-29-18(26)11-4-3-5-13(8-11)23-16-15(25(27)28)17(22-10-21-16)24-14-7-6-12(19)9-20-14/h3-10H,2H2,1H3,(H2,20,21,22,23,24). The highest BCUT2D eigenvalue weighted by atomic mass is 79.9. The van der Waals surface area contributed by atoms with E-state index in [1.54, 1.807) is 43.5 Å². The largest absolute Gasteiger partial charge is 0.462 e. The quantitative estimate of drug-likeness (QED) is 0.303. The van der Waals surface area contributed by atoms with E-state index in [-0.39, 0.29) is 23.9 Å². The summed E-state index contributed by atoms with van der Waals surface area (Å²) < 4.78 is 5.74. The molecule has 11 heteroatoms. The van der Waals surface area contributed by atoms with Crippen LogP contribution in [0.2, 0.25) is 0 Å². The van der Waals surface area contributed by atoms with Gasteiger partial charge in [0.1, 0.15) is 12.1 Å². The fourth-order valence-corrected chi connectivity index (χ4v) is 2.62. The molecule has 29 heavy (non-hydrogen) atoms. The summed E-state index contributed by atoms with van der Waals surface area (Å²) >= 11 is 3.28. The number of aromatic nitrogens is 3. The molecule has 148 valence electrons. The van der Waals surface area contributed by atoms with Crippen molar-refractivity contribution in [3.05, 3.63) is 69.1 Å². The number of ether oxygens (including phenoxy) is 1. The van der Waals surface area contributed by atoms with Crippen LogP contribution < -0.4 is 10.6 Å². The first kappa shape index (κ1) is 20.1. The molecular formula is C18H15BrN6O4. The van der Waals surface area contributed by atoms with Crippen molar-refractivity contribution < 1.29 is 14.5 Å². The molecule has 0 fully saturated rings. The maximum Gasteiger partial charge on any atom is 0.353 e. The van der Waals surface area contributed by atoms with Crippen molar-refractivity contribution in [1.82, 2.24) is 15.0 Å². The molecule has 0 saturated heterocycles. The highest BCUT2D eigenvalue weighted by Crippen LogP contribution is 2.32. The Hall–Kier alpha value is -3.60. The van der Waals surface area contributed by atoms with Gasteiger partial charge in [-0.2, -0.15) is 0 Å². The first-order valence-corrected chi connectivity index (χ1v) is 9.19. The van der Waals surface area contributed by atoms with E-state index in [1.807, 2.05) is 0 Å². The van der Waals surface area contributed by atoms with Gasteiger partial charge in [0.25, 0.3) is 0 Å². The Morgan fingerprint density at radius 2 is 1.93 bits per heavy atom. The lowest BCUT2D eigenvalue weighted by Crippen LogP contribution is -2.07. The third kappa shape index (κ3) is 5.02. The third-order valence-corrected chi connectivity index (χ3v) is 4.08. The molecule has 0 atom stereocenters. The molecule has 0 aliphatic heterocycles. The summed E-state index contributed by atoms with van der Waals surface area (Å²) in [6.07, 6.45) is 2.74. The summed E-state index contributed by atoms with van der Waals surface area (Å²) in [6, 6.07) is 9.77. The number of carbonyl (C=O) groups is 1. The van der Waals surface area contributed by atoms with Gasteiger partial charge in [-0.05, 0) is 53.2 Å². The van der Waals surface area contributed by atoms with Gasteiger partial charge >= 0.3 is 11.7 Å². The molecule has 1 aromatic carbocycles. The number of rotatable bonds is 7. The fourth-order valence-electron chi connectivity index (χ4n) is 2.38. The van der Waals surface area contributed by atoms with E-state index in [2.05, 4.69) is 41.5 Å². The maximum atomic E-state index is 11.9. The summed E-state index contributed by atoms with van der Waals surface area (Å²) in [5.74, 6) is -0.170. The van der Waals surface area contributed by atoms with Crippen LogP contribution in [-0.4, -0.2) is 32.5 Å². The number of nitrogens with zero attached hydrogens (tertiary/aromatic N) is 4. The molecule has 2 aromatic heterocycles. The third-order valence-electron chi connectivity index (χ3n) is 3.62. The molecule has 2 N–H and O–H groups in total. The topological polar surface area (TPSA) is 132 Å². The van der Waals surface area contributed by atoms with E-state index in [0.717, 1.165) is 4.47 Å². The van der Waals surface area contributed by atoms with Crippen molar-refractivity contribution in [3.8, 4) is 0 Å². The molecule has 0 aliphatic rings. The molecule has 0 saturated carbocycles. The normalized spacial score (nSPS) is 10.3. The Kier molecular flexibility index (Phi) is 6.29. The van der Waals surface area contributed by atoms with Crippen LogP contribution in [-0.2, 0) is 4.74 Å². The van der Waals surface area contributed by atoms with Gasteiger partial charge in [0.05, 0.1) is 17.1 Å². The SMILES string of the molecule is CCOC(=O)c1cccc(Nc2ncnc(Nc3ccc(Br)cn3)c2[N+](=O)[O-])c1. The number of carbonyl (C=O) groups excluding carboxylic acids is 1. The lowest BCUT2D eigenvalue weighted by Gasteiger charge is -2.10. The number of hydrogen-bond donors (Lipinski definition) is 2. The maximum absolute atomic E-state index is 11.9. The number of esters is 1. The second-order valence-electron chi connectivity index (χ2n) is 5.59. The number of pyridine rings is 1. The predicted octanol–water partition coefficient (Wildman–Crippen LogP) is 4.21. The van der Waals surface area contributed by atoms with E-state index in [4.69, 9.17) is 4.74 Å². The van der Waals surface area contributed by atoms with Gasteiger partial charge in [-0.3, -0.25) is 10.1 Å². The lowest BCUT2D eigenvalue weighted by atomic mass is 10.2. The number of halogens is 1. The Morgan fingerprint density at radius 1 is 1.17 bits per heavy atom. The smallest absolute Gasteiger partial charge is 0.353 e. The van der Waals surface area contributed by atoms with E-state index < -0.39 is 10.9 Å². The van der Waals surface area contributed by atoms with Crippen molar-refractivity contribution >= 4 is 50.7 Å². The van der Waals surface area contributed by atoms with Gasteiger partial charge in [-0.25, -0.2) is 19.7 Å². The molecule has 3 rings (SSSR count). The van der Waals surface area contributed by atoms with Crippen LogP contribution in [0.15, 0.2) is 53.4 Å². The van der Waals surface area contributed by atoms with Crippen molar-refractivity contribution in [2.45, 2.75) is 6.92 Å². The Labute approximate surface area is 173 Å². The molecule has 0 unspecified atom stereocenters. The molecule has 3 aromatic rings. The van der Waals surface area contributed by atoms with Crippen molar-refractivity contribution in [3.63, 3.8) is 0 Å². The van der Waals surface area contributed by atoms with Crippen molar-refractivity contribution in [2.75, 3.05) is 17.2 Å². The van der Waals surface area contributed by atoms with Crippen molar-refractivity contribution in [2.24, 2.45) is 0 Å². The zero-order valence-electron chi connectivity index (χ0n) is 15.1. The van der Waals surface area contributed by atoms with E-state index >= 15 is 0 Å². The monoisotopic (exact) mass is 458 g/mol. The zero-order chi connectivity index (χ0) is 20.8. The number of benzene rings is 1. The van der Waals surface area contributed by atoms with Gasteiger partial charge in [0.15, 0.2) is 0 Å². The summed E-state index contributed by atoms with van der Waals surface area (Å²) in [4.78, 5) is 35.0. The second kappa shape index (κ2) is 9.06. The van der Waals surface area contributed by atoms with E-state index in [1.165, 1.54) is 12.4 Å². The Bertz CT molecular complexity index is 1040. The predicted molar refractivity (Wildman–Crippen MR) is 110 cm³/mol. The number of hydrogen-bond acceptors (Lipinski definition) is 9. The molecule has 0 amide bonds. The highest BCUT2D eigenvalue weighted by molar-refractivity contribution is 9.10. The highest BCUT2D eigenvalue weighted by Gasteiger charge is 2.24. The fraction of sp³-hybridized carbons (Fsp3) is 0.111. The van der Waals surface area contributed by atoms with Crippen LogP contribution in [0.3, 0.4) is 0 Å². The summed E-state index contributed by atoms with van der Waals surface area (Å²) in [6.45, 7) is 1.95. The minimum atomic E-state index is -0.598. The Balaban J connectivity index is 1.92. The van der Waals surface area contributed by atoms with Crippen LogP contribution in [0.5, 0.6) is 0 Å². The van der Waals surface area contributed by atoms with Gasteiger partial charge in [-0.15, -0.1) is 0 Å². The molecular weight excluding hydrogens is 444 g/mol. The van der Waals surface area contributed by atoms with Crippen LogP contribution >= 0.6 is 15.9 Å². The first-order valence-electron chi connectivity index (χ1n) is 8.40. The molecule has 0 spiro atoms. The van der Waals surface area contributed by atoms with Gasteiger partial charge in [-0.1, -0.05) is 6.07 Å². The van der Waals surface area contributed by atoms with Gasteiger partial charge in [0.2, 0.25) is 11.6 Å². The molecule has 0 radical (unpaired) electrons. The molecule has 10 nitrogen and oxygen atoms in total. The molecule has 0 aliphatic carbocycles. The molecule has 0 bridgehead atoms. The van der Waals surface area contributed by atoms with E-state index in [9.17, 15) is 14.9 Å². The average molecular weight is 459 g/mol. The lowest BCUT2D eigenvalue weighted by molar-refractivity contribution is -0.383. The van der Waals surface area contributed by atoms with Crippen LogP contribution in [0.1, 0.15) is 17.3 Å². The summed E-state index contributed by atoms with van der Waals surface area (Å²) in [7, 11) is 0. The first-order chi connectivity index (χ1) is 14.0. The Morgan fingerprint density at radius 3 is 2.59 bits per heavy atom. The number of anilines is 4.